The summed E-state index contributed by atoms with van der Waals surface area (Å²) >= 11 is 0. The lowest BCUT2D eigenvalue weighted by molar-refractivity contribution is -0.123. The van der Waals surface area contributed by atoms with Gasteiger partial charge in [-0.2, -0.15) is 0 Å². The van der Waals surface area contributed by atoms with Gasteiger partial charge in [-0.25, -0.2) is 0 Å². The van der Waals surface area contributed by atoms with Gasteiger partial charge < -0.3 is 10.6 Å². The summed E-state index contributed by atoms with van der Waals surface area (Å²) in [5.74, 6) is 0.926. The molecule has 2 aliphatic rings. The summed E-state index contributed by atoms with van der Waals surface area (Å²) in [4.78, 5) is 11.9. The van der Waals surface area contributed by atoms with Crippen LogP contribution in [0.5, 0.6) is 0 Å². The highest BCUT2D eigenvalue weighted by molar-refractivity contribution is 5.82. The van der Waals surface area contributed by atoms with Crippen molar-refractivity contribution in [3.63, 3.8) is 0 Å². The lowest BCUT2D eigenvalue weighted by Gasteiger charge is -2.29. The number of rotatable bonds is 3. The normalized spacial score (nSPS) is 28.9. The SMILES string of the molecule is C[C@@H](NC(=O)[C@@H]1CCCN1)C1CCCCC1. The number of amides is 1. The van der Waals surface area contributed by atoms with Gasteiger partial charge in [0.1, 0.15) is 0 Å². The fourth-order valence-corrected chi connectivity index (χ4v) is 2.99. The van der Waals surface area contributed by atoms with Crippen molar-refractivity contribution in [2.45, 2.75) is 64.0 Å². The molecule has 92 valence electrons. The van der Waals surface area contributed by atoms with Crippen molar-refractivity contribution in [3.05, 3.63) is 0 Å². The van der Waals surface area contributed by atoms with E-state index in [1.807, 2.05) is 0 Å². The first-order valence-corrected chi connectivity index (χ1v) is 6.81. The summed E-state index contributed by atoms with van der Waals surface area (Å²) in [6.07, 6.45) is 8.78. The van der Waals surface area contributed by atoms with E-state index in [2.05, 4.69) is 17.6 Å². The Balaban J connectivity index is 1.76. The van der Waals surface area contributed by atoms with Crippen LogP contribution in [0.25, 0.3) is 0 Å². The van der Waals surface area contributed by atoms with Crippen molar-refractivity contribution in [2.75, 3.05) is 6.54 Å². The molecule has 1 aliphatic carbocycles. The zero-order valence-corrected chi connectivity index (χ0v) is 10.3. The number of carbonyl (C=O) groups is 1. The van der Waals surface area contributed by atoms with Crippen molar-refractivity contribution >= 4 is 5.91 Å². The zero-order chi connectivity index (χ0) is 11.4. The monoisotopic (exact) mass is 224 g/mol. The van der Waals surface area contributed by atoms with Gasteiger partial charge >= 0.3 is 0 Å². The third-order valence-electron chi connectivity index (χ3n) is 4.10. The fraction of sp³-hybridized carbons (Fsp3) is 0.923. The number of hydrogen-bond acceptors (Lipinski definition) is 2. The molecule has 0 bridgehead atoms. The first-order valence-electron chi connectivity index (χ1n) is 6.81. The van der Waals surface area contributed by atoms with Crippen molar-refractivity contribution in [1.29, 1.82) is 0 Å². The Kier molecular flexibility index (Phi) is 4.22. The van der Waals surface area contributed by atoms with E-state index >= 15 is 0 Å². The molecule has 3 nitrogen and oxygen atoms in total. The van der Waals surface area contributed by atoms with E-state index in [1.165, 1.54) is 32.1 Å². The smallest absolute Gasteiger partial charge is 0.237 e. The average molecular weight is 224 g/mol. The summed E-state index contributed by atoms with van der Waals surface area (Å²) in [5.41, 5.74) is 0. The summed E-state index contributed by atoms with van der Waals surface area (Å²) in [7, 11) is 0. The fourth-order valence-electron chi connectivity index (χ4n) is 2.99. The van der Waals surface area contributed by atoms with Crippen LogP contribution in [0.3, 0.4) is 0 Å². The van der Waals surface area contributed by atoms with Crippen molar-refractivity contribution < 1.29 is 4.79 Å². The number of nitrogens with one attached hydrogen (secondary N) is 2. The first kappa shape index (κ1) is 11.9. The molecule has 0 aromatic carbocycles. The van der Waals surface area contributed by atoms with E-state index in [-0.39, 0.29) is 11.9 Å². The predicted octanol–water partition coefficient (Wildman–Crippen LogP) is 1.82. The lowest BCUT2D eigenvalue weighted by atomic mass is 9.84. The minimum absolute atomic E-state index is 0.0750. The molecule has 0 spiro atoms. The molecule has 16 heavy (non-hydrogen) atoms. The molecule has 3 heteroatoms. The zero-order valence-electron chi connectivity index (χ0n) is 10.3. The predicted molar refractivity (Wildman–Crippen MR) is 65.2 cm³/mol. The second kappa shape index (κ2) is 5.67. The third-order valence-corrected chi connectivity index (χ3v) is 4.10. The molecule has 1 aliphatic heterocycles. The van der Waals surface area contributed by atoms with Crippen LogP contribution in [0, 0.1) is 5.92 Å². The molecular formula is C13H24N2O. The molecule has 1 amide bonds. The van der Waals surface area contributed by atoms with E-state index in [9.17, 15) is 4.79 Å². The van der Waals surface area contributed by atoms with Crippen molar-refractivity contribution in [3.8, 4) is 0 Å². The Bertz CT molecular complexity index is 230. The lowest BCUT2D eigenvalue weighted by Crippen LogP contribution is -2.46. The summed E-state index contributed by atoms with van der Waals surface area (Å²) in [6, 6.07) is 0.432. The second-order valence-electron chi connectivity index (χ2n) is 5.34. The Labute approximate surface area is 98.4 Å². The maximum atomic E-state index is 11.9. The largest absolute Gasteiger partial charge is 0.352 e. The average Bonchev–Trinajstić information content (AvgIpc) is 2.83. The molecule has 2 fully saturated rings. The van der Waals surface area contributed by atoms with E-state index in [0.717, 1.165) is 19.4 Å². The van der Waals surface area contributed by atoms with Gasteiger partial charge in [0, 0.05) is 6.04 Å². The van der Waals surface area contributed by atoms with Crippen LogP contribution < -0.4 is 10.6 Å². The van der Waals surface area contributed by atoms with Gasteiger partial charge in [-0.05, 0) is 45.1 Å². The molecule has 0 aromatic heterocycles. The van der Waals surface area contributed by atoms with Crippen molar-refractivity contribution in [2.24, 2.45) is 5.92 Å². The molecule has 0 radical (unpaired) electrons. The van der Waals surface area contributed by atoms with Crippen LogP contribution in [0.1, 0.15) is 51.9 Å². The number of carbonyl (C=O) groups excluding carboxylic acids is 1. The van der Waals surface area contributed by atoms with Gasteiger partial charge in [-0.3, -0.25) is 4.79 Å². The van der Waals surface area contributed by atoms with Gasteiger partial charge in [0.2, 0.25) is 5.91 Å². The molecule has 1 heterocycles. The van der Waals surface area contributed by atoms with Gasteiger partial charge in [0.05, 0.1) is 6.04 Å². The quantitative estimate of drug-likeness (QED) is 0.768. The number of hydrogen-bond donors (Lipinski definition) is 2. The van der Waals surface area contributed by atoms with Gasteiger partial charge in [0.15, 0.2) is 0 Å². The summed E-state index contributed by atoms with van der Waals surface area (Å²) in [6.45, 7) is 3.17. The Morgan fingerprint density at radius 1 is 1.19 bits per heavy atom. The van der Waals surface area contributed by atoms with E-state index in [0.29, 0.717) is 12.0 Å². The van der Waals surface area contributed by atoms with Gasteiger partial charge in [0.25, 0.3) is 0 Å². The van der Waals surface area contributed by atoms with E-state index < -0.39 is 0 Å². The summed E-state index contributed by atoms with van der Waals surface area (Å²) in [5, 5.41) is 6.44. The van der Waals surface area contributed by atoms with Gasteiger partial charge in [-0.15, -0.1) is 0 Å². The molecule has 1 saturated carbocycles. The standard InChI is InChI=1S/C13H24N2O/c1-10(11-6-3-2-4-7-11)15-13(16)12-8-5-9-14-12/h10-12,14H,2-9H2,1H3,(H,15,16)/t10-,12+/m1/s1. The van der Waals surface area contributed by atoms with Crippen LogP contribution in [0.15, 0.2) is 0 Å². The minimum Gasteiger partial charge on any atom is -0.352 e. The second-order valence-corrected chi connectivity index (χ2v) is 5.34. The van der Waals surface area contributed by atoms with E-state index in [4.69, 9.17) is 0 Å². The highest BCUT2D eigenvalue weighted by Gasteiger charge is 2.26. The van der Waals surface area contributed by atoms with Crippen LogP contribution in [0.4, 0.5) is 0 Å². The minimum atomic E-state index is 0.0750. The third kappa shape index (κ3) is 2.97. The van der Waals surface area contributed by atoms with Gasteiger partial charge in [-0.1, -0.05) is 19.3 Å². The maximum absolute atomic E-state index is 11.9. The molecule has 0 aromatic rings. The van der Waals surface area contributed by atoms with E-state index in [1.54, 1.807) is 0 Å². The Hall–Kier alpha value is -0.570. The molecule has 2 rings (SSSR count). The highest BCUT2D eigenvalue weighted by atomic mass is 16.2. The van der Waals surface area contributed by atoms with Crippen LogP contribution in [-0.4, -0.2) is 24.5 Å². The van der Waals surface area contributed by atoms with Crippen LogP contribution >= 0.6 is 0 Å². The highest BCUT2D eigenvalue weighted by Crippen LogP contribution is 2.26. The molecule has 2 N–H and O–H groups in total. The Morgan fingerprint density at radius 2 is 1.94 bits per heavy atom. The summed E-state index contributed by atoms with van der Waals surface area (Å²) < 4.78 is 0. The topological polar surface area (TPSA) is 41.1 Å². The molecule has 0 unspecified atom stereocenters. The Morgan fingerprint density at radius 3 is 2.56 bits per heavy atom. The van der Waals surface area contributed by atoms with Crippen LogP contribution in [-0.2, 0) is 4.79 Å². The maximum Gasteiger partial charge on any atom is 0.237 e. The van der Waals surface area contributed by atoms with Crippen LogP contribution in [0.2, 0.25) is 0 Å². The molecular weight excluding hydrogens is 200 g/mol. The molecule has 1 saturated heterocycles. The first-order chi connectivity index (χ1) is 7.77. The molecule has 2 atom stereocenters. The van der Waals surface area contributed by atoms with Crippen molar-refractivity contribution in [1.82, 2.24) is 10.6 Å².